The van der Waals surface area contributed by atoms with E-state index in [0.717, 1.165) is 6.42 Å². The van der Waals surface area contributed by atoms with E-state index in [1.54, 1.807) is 0 Å². The van der Waals surface area contributed by atoms with Crippen molar-refractivity contribution in [3.63, 3.8) is 0 Å². The predicted octanol–water partition coefficient (Wildman–Crippen LogP) is 0.803. The van der Waals surface area contributed by atoms with Crippen LogP contribution in [0.3, 0.4) is 0 Å². The summed E-state index contributed by atoms with van der Waals surface area (Å²) in [5.41, 5.74) is 0. The first kappa shape index (κ1) is 12.1. The van der Waals surface area contributed by atoms with E-state index in [9.17, 15) is 9.59 Å². The van der Waals surface area contributed by atoms with Gasteiger partial charge < -0.3 is 0 Å². The molecule has 94 valence electrons. The Hall–Kier alpha value is -1.39. The van der Waals surface area contributed by atoms with E-state index in [0.29, 0.717) is 17.8 Å². The zero-order chi connectivity index (χ0) is 12.4. The fourth-order valence-corrected chi connectivity index (χ4v) is 2.67. The lowest BCUT2D eigenvalue weighted by Gasteiger charge is -2.31. The lowest BCUT2D eigenvalue weighted by molar-refractivity contribution is -0.135. The Kier molecular flexibility index (Phi) is 3.45. The Morgan fingerprint density at radius 3 is 2.29 bits per heavy atom. The number of hydrogen-bond acceptors (Lipinski definition) is 3. The van der Waals surface area contributed by atoms with Crippen LogP contribution >= 0.6 is 0 Å². The highest BCUT2D eigenvalue weighted by Crippen LogP contribution is 2.32. The molecule has 5 nitrogen and oxygen atoms in total. The van der Waals surface area contributed by atoms with E-state index in [-0.39, 0.29) is 6.04 Å². The number of guanidine groups is 1. The van der Waals surface area contributed by atoms with Crippen molar-refractivity contribution in [3.8, 4) is 0 Å². The standard InChI is InChI=1S/C12H19N3O2/c1-7(2)8-5-3-4-6-9(8)13-12-14-10(16)11(17)15-12/h7-9H,3-6H2,1-2H3,(H2,13,14,15,16,17). The minimum atomic E-state index is -0.611. The molecule has 2 atom stereocenters. The molecule has 2 unspecified atom stereocenters. The topological polar surface area (TPSA) is 70.6 Å². The van der Waals surface area contributed by atoms with Crippen molar-refractivity contribution in [3.05, 3.63) is 0 Å². The molecule has 0 aromatic carbocycles. The van der Waals surface area contributed by atoms with Crippen LogP contribution in [-0.4, -0.2) is 23.8 Å². The molecule has 1 saturated heterocycles. The summed E-state index contributed by atoms with van der Waals surface area (Å²) in [5, 5.41) is 4.92. The Morgan fingerprint density at radius 2 is 1.71 bits per heavy atom. The number of rotatable bonds is 2. The van der Waals surface area contributed by atoms with Crippen molar-refractivity contribution in [2.75, 3.05) is 0 Å². The van der Waals surface area contributed by atoms with Gasteiger partial charge in [-0.15, -0.1) is 0 Å². The summed E-state index contributed by atoms with van der Waals surface area (Å²) in [4.78, 5) is 26.6. The van der Waals surface area contributed by atoms with Gasteiger partial charge in [-0.2, -0.15) is 0 Å². The van der Waals surface area contributed by atoms with Gasteiger partial charge in [-0.1, -0.05) is 26.7 Å². The monoisotopic (exact) mass is 237 g/mol. The van der Waals surface area contributed by atoms with Crippen molar-refractivity contribution in [1.82, 2.24) is 10.6 Å². The number of hydrogen-bond donors (Lipinski definition) is 2. The maximum Gasteiger partial charge on any atom is 0.316 e. The third kappa shape index (κ3) is 2.65. The molecule has 1 saturated carbocycles. The molecule has 2 fully saturated rings. The lowest BCUT2D eigenvalue weighted by Crippen LogP contribution is -2.33. The fraction of sp³-hybridized carbons (Fsp3) is 0.750. The molecular formula is C12H19N3O2. The summed E-state index contributed by atoms with van der Waals surface area (Å²) < 4.78 is 0. The SMILES string of the molecule is CC(C)C1CCCCC1N=C1NC(=O)C(=O)N1. The molecule has 2 N–H and O–H groups in total. The highest BCUT2D eigenvalue weighted by atomic mass is 16.2. The smallest absolute Gasteiger partial charge is 0.288 e. The van der Waals surface area contributed by atoms with Crippen LogP contribution < -0.4 is 10.6 Å². The van der Waals surface area contributed by atoms with Crippen LogP contribution in [0.25, 0.3) is 0 Å². The van der Waals surface area contributed by atoms with Crippen molar-refractivity contribution in [2.24, 2.45) is 16.8 Å². The molecule has 0 aromatic rings. The third-order valence-corrected chi connectivity index (χ3v) is 3.60. The van der Waals surface area contributed by atoms with E-state index in [1.165, 1.54) is 19.3 Å². The van der Waals surface area contributed by atoms with Crippen LogP contribution in [0, 0.1) is 11.8 Å². The van der Waals surface area contributed by atoms with E-state index in [2.05, 4.69) is 29.5 Å². The Bertz CT molecular complexity index is 345. The Balaban J connectivity index is 2.08. The molecule has 0 aromatic heterocycles. The average molecular weight is 237 g/mol. The van der Waals surface area contributed by atoms with Gasteiger partial charge in [0.15, 0.2) is 0 Å². The van der Waals surface area contributed by atoms with Gasteiger partial charge in [0, 0.05) is 0 Å². The Morgan fingerprint density at radius 1 is 1.12 bits per heavy atom. The molecule has 0 bridgehead atoms. The van der Waals surface area contributed by atoms with E-state index < -0.39 is 11.8 Å². The quantitative estimate of drug-likeness (QED) is 0.697. The molecule has 1 heterocycles. The highest BCUT2D eigenvalue weighted by molar-refractivity contribution is 6.45. The molecule has 1 aliphatic carbocycles. The lowest BCUT2D eigenvalue weighted by atomic mass is 9.78. The second-order valence-electron chi connectivity index (χ2n) is 5.15. The summed E-state index contributed by atoms with van der Waals surface area (Å²) in [7, 11) is 0. The molecule has 17 heavy (non-hydrogen) atoms. The number of nitrogens with zero attached hydrogens (tertiary/aromatic N) is 1. The number of carbonyl (C=O) groups is 2. The highest BCUT2D eigenvalue weighted by Gasteiger charge is 2.30. The second-order valence-corrected chi connectivity index (χ2v) is 5.15. The summed E-state index contributed by atoms with van der Waals surface area (Å²) in [6.45, 7) is 4.41. The van der Waals surface area contributed by atoms with Crippen molar-refractivity contribution < 1.29 is 9.59 Å². The molecule has 2 aliphatic rings. The van der Waals surface area contributed by atoms with Crippen molar-refractivity contribution in [2.45, 2.75) is 45.6 Å². The third-order valence-electron chi connectivity index (χ3n) is 3.60. The molecule has 5 heteroatoms. The van der Waals surface area contributed by atoms with Crippen LogP contribution in [0.15, 0.2) is 4.99 Å². The minimum Gasteiger partial charge on any atom is -0.288 e. The first-order valence-corrected chi connectivity index (χ1v) is 6.28. The molecular weight excluding hydrogens is 218 g/mol. The zero-order valence-corrected chi connectivity index (χ0v) is 10.3. The van der Waals surface area contributed by atoms with Crippen LogP contribution in [0.4, 0.5) is 0 Å². The molecule has 2 rings (SSSR count). The second kappa shape index (κ2) is 4.85. The van der Waals surface area contributed by atoms with Gasteiger partial charge in [0.2, 0.25) is 5.96 Å². The number of aliphatic imine (C=N–C) groups is 1. The van der Waals surface area contributed by atoms with Crippen LogP contribution in [0.1, 0.15) is 39.5 Å². The number of carbonyl (C=O) groups excluding carboxylic acids is 2. The number of amides is 2. The predicted molar refractivity (Wildman–Crippen MR) is 64.3 cm³/mol. The van der Waals surface area contributed by atoms with Gasteiger partial charge in [0.05, 0.1) is 6.04 Å². The average Bonchev–Trinajstić information content (AvgIpc) is 2.58. The molecule has 2 amide bonds. The summed E-state index contributed by atoms with van der Waals surface area (Å²) in [5.74, 6) is 0.238. The Labute approximate surface area is 101 Å². The van der Waals surface area contributed by atoms with Crippen molar-refractivity contribution in [1.29, 1.82) is 0 Å². The zero-order valence-electron chi connectivity index (χ0n) is 10.3. The molecule has 1 aliphatic heterocycles. The minimum absolute atomic E-state index is 0.220. The first-order valence-electron chi connectivity index (χ1n) is 6.28. The van der Waals surface area contributed by atoms with Gasteiger partial charge >= 0.3 is 11.8 Å². The van der Waals surface area contributed by atoms with Gasteiger partial charge in [0.1, 0.15) is 0 Å². The van der Waals surface area contributed by atoms with E-state index in [1.807, 2.05) is 0 Å². The van der Waals surface area contributed by atoms with E-state index in [4.69, 9.17) is 0 Å². The number of nitrogens with one attached hydrogen (secondary N) is 2. The summed E-state index contributed by atoms with van der Waals surface area (Å²) in [6, 6.07) is 0.220. The van der Waals surface area contributed by atoms with Crippen LogP contribution in [-0.2, 0) is 9.59 Å². The largest absolute Gasteiger partial charge is 0.316 e. The first-order chi connectivity index (χ1) is 8.08. The van der Waals surface area contributed by atoms with E-state index >= 15 is 0 Å². The summed E-state index contributed by atoms with van der Waals surface area (Å²) >= 11 is 0. The van der Waals surface area contributed by atoms with Gasteiger partial charge in [-0.3, -0.25) is 20.2 Å². The maximum absolute atomic E-state index is 11.0. The van der Waals surface area contributed by atoms with Crippen LogP contribution in [0.5, 0.6) is 0 Å². The maximum atomic E-state index is 11.0. The normalized spacial score (nSPS) is 29.2. The van der Waals surface area contributed by atoms with Gasteiger partial charge in [-0.05, 0) is 24.7 Å². The fourth-order valence-electron chi connectivity index (χ4n) is 2.67. The van der Waals surface area contributed by atoms with Gasteiger partial charge in [0.25, 0.3) is 0 Å². The van der Waals surface area contributed by atoms with Gasteiger partial charge in [-0.25, -0.2) is 4.99 Å². The van der Waals surface area contributed by atoms with Crippen LogP contribution in [0.2, 0.25) is 0 Å². The molecule has 0 spiro atoms. The summed E-state index contributed by atoms with van der Waals surface area (Å²) in [6.07, 6.45) is 4.65. The molecule has 0 radical (unpaired) electrons. The van der Waals surface area contributed by atoms with Crippen molar-refractivity contribution >= 4 is 17.8 Å².